The van der Waals surface area contributed by atoms with Crippen molar-refractivity contribution in [2.45, 2.75) is 19.9 Å². The smallest absolute Gasteiger partial charge is 0.348 e. The second kappa shape index (κ2) is 7.18. The summed E-state index contributed by atoms with van der Waals surface area (Å²) in [5.74, 6) is 0.701. The number of esters is 1. The molecule has 1 heterocycles. The van der Waals surface area contributed by atoms with Gasteiger partial charge in [0.15, 0.2) is 6.54 Å². The molecule has 1 atom stereocenters. The van der Waals surface area contributed by atoms with Crippen molar-refractivity contribution in [3.63, 3.8) is 0 Å². The molecule has 2 aliphatic rings. The molecule has 0 saturated heterocycles. The van der Waals surface area contributed by atoms with Crippen LogP contribution in [-0.4, -0.2) is 35.6 Å². The molecule has 0 amide bonds. The molecule has 0 unspecified atom stereocenters. The first-order valence-electron chi connectivity index (χ1n) is 7.98. The number of nitrogens with zero attached hydrogens (tertiary/aromatic N) is 1. The highest BCUT2D eigenvalue weighted by Crippen LogP contribution is 2.31. The standard InChI is InChI=1S/C19H19BrN2O2/c1-3-24-18(23)12-22-13(2)21-17-10-9-15(20)11-16(17)19(22)14-7-5-4-6-8-14/h4-11,17H,3,12H2,1-2H3/p+1/t17-/m0/s1. The van der Waals surface area contributed by atoms with Crippen LogP contribution in [0.1, 0.15) is 19.4 Å². The summed E-state index contributed by atoms with van der Waals surface area (Å²) in [5.41, 5.74) is 3.24. The van der Waals surface area contributed by atoms with Crippen LogP contribution in [0.5, 0.6) is 0 Å². The molecule has 1 aliphatic heterocycles. The average Bonchev–Trinajstić information content (AvgIpc) is 2.57. The zero-order valence-corrected chi connectivity index (χ0v) is 15.3. The van der Waals surface area contributed by atoms with Gasteiger partial charge in [0.2, 0.25) is 5.84 Å². The Morgan fingerprint density at radius 1 is 1.33 bits per heavy atom. The minimum absolute atomic E-state index is 0.0972. The highest BCUT2D eigenvalue weighted by atomic mass is 79.9. The molecule has 0 radical (unpaired) electrons. The Morgan fingerprint density at radius 2 is 2.08 bits per heavy atom. The molecular formula is C19H20BrN2O2+. The fourth-order valence-electron chi connectivity index (χ4n) is 3.00. The zero-order valence-electron chi connectivity index (χ0n) is 13.8. The monoisotopic (exact) mass is 387 g/mol. The molecule has 1 N–H and O–H groups in total. The molecule has 5 heteroatoms. The van der Waals surface area contributed by atoms with Gasteiger partial charge in [-0.15, -0.1) is 0 Å². The molecule has 1 aromatic rings. The van der Waals surface area contributed by atoms with E-state index >= 15 is 0 Å². The SMILES string of the molecule is CCOC(=O)C[N+]1=C(C)N[C@H]2C=CC(Br)=CC2=C1c1ccccc1. The third-order valence-electron chi connectivity index (χ3n) is 4.03. The summed E-state index contributed by atoms with van der Waals surface area (Å²) >= 11 is 3.56. The number of hydrogen-bond acceptors (Lipinski definition) is 3. The van der Waals surface area contributed by atoms with Gasteiger partial charge in [-0.05, 0) is 25.2 Å². The third-order valence-corrected chi connectivity index (χ3v) is 4.52. The largest absolute Gasteiger partial charge is 0.463 e. The van der Waals surface area contributed by atoms with Gasteiger partial charge < -0.3 is 4.74 Å². The Labute approximate surface area is 150 Å². The first-order valence-corrected chi connectivity index (χ1v) is 8.77. The topological polar surface area (TPSA) is 41.3 Å². The number of halogens is 1. The number of amidine groups is 1. The average molecular weight is 388 g/mol. The number of hydrogen-bond donors (Lipinski definition) is 1. The summed E-state index contributed by atoms with van der Waals surface area (Å²) in [6, 6.07) is 10.2. The van der Waals surface area contributed by atoms with Crippen LogP contribution in [0.3, 0.4) is 0 Å². The lowest BCUT2D eigenvalue weighted by molar-refractivity contribution is -0.428. The maximum Gasteiger partial charge on any atom is 0.348 e. The van der Waals surface area contributed by atoms with Gasteiger partial charge in [-0.25, -0.2) is 9.37 Å². The van der Waals surface area contributed by atoms with Crippen LogP contribution >= 0.6 is 15.9 Å². The zero-order chi connectivity index (χ0) is 17.1. The molecule has 3 rings (SSSR count). The minimum atomic E-state index is -0.236. The number of fused-ring (bicyclic) bond motifs is 1. The van der Waals surface area contributed by atoms with Gasteiger partial charge in [0.1, 0.15) is 11.7 Å². The van der Waals surface area contributed by atoms with E-state index in [0.29, 0.717) is 6.61 Å². The summed E-state index contributed by atoms with van der Waals surface area (Å²) < 4.78 is 8.16. The van der Waals surface area contributed by atoms with Crippen molar-refractivity contribution < 1.29 is 14.1 Å². The van der Waals surface area contributed by atoms with Crippen molar-refractivity contribution in [3.05, 3.63) is 64.2 Å². The van der Waals surface area contributed by atoms with Gasteiger partial charge in [-0.1, -0.05) is 46.3 Å². The van der Waals surface area contributed by atoms with Crippen molar-refractivity contribution in [3.8, 4) is 0 Å². The molecular weight excluding hydrogens is 368 g/mol. The highest BCUT2D eigenvalue weighted by Gasteiger charge is 2.33. The number of allylic oxidation sites excluding steroid dienone is 2. The minimum Gasteiger partial charge on any atom is -0.463 e. The van der Waals surface area contributed by atoms with E-state index in [9.17, 15) is 4.79 Å². The van der Waals surface area contributed by atoms with E-state index in [2.05, 4.69) is 45.5 Å². The molecule has 0 aromatic heterocycles. The molecule has 0 bridgehead atoms. The Balaban J connectivity index is 2.12. The van der Waals surface area contributed by atoms with Gasteiger partial charge in [-0.3, -0.25) is 5.32 Å². The van der Waals surface area contributed by atoms with E-state index in [4.69, 9.17) is 4.74 Å². The third kappa shape index (κ3) is 3.36. The van der Waals surface area contributed by atoms with Gasteiger partial charge in [0, 0.05) is 22.5 Å². The maximum atomic E-state index is 12.1. The van der Waals surface area contributed by atoms with Crippen LogP contribution in [-0.2, 0) is 9.53 Å². The van der Waals surface area contributed by atoms with E-state index in [-0.39, 0.29) is 18.6 Å². The van der Waals surface area contributed by atoms with Crippen molar-refractivity contribution in [1.82, 2.24) is 5.32 Å². The van der Waals surface area contributed by atoms with Crippen LogP contribution in [0.2, 0.25) is 0 Å². The fraction of sp³-hybridized carbons (Fsp3) is 0.263. The summed E-state index contributed by atoms with van der Waals surface area (Å²) in [5, 5.41) is 3.46. The molecule has 0 fully saturated rings. The molecule has 1 aliphatic carbocycles. The molecule has 0 spiro atoms. The van der Waals surface area contributed by atoms with Crippen LogP contribution in [0.25, 0.3) is 5.70 Å². The summed E-state index contributed by atoms with van der Waals surface area (Å²) in [4.78, 5) is 12.1. The maximum absolute atomic E-state index is 12.1. The van der Waals surface area contributed by atoms with Crippen molar-refractivity contribution in [2.75, 3.05) is 13.2 Å². The van der Waals surface area contributed by atoms with E-state index < -0.39 is 0 Å². The van der Waals surface area contributed by atoms with E-state index in [0.717, 1.165) is 27.2 Å². The Bertz CT molecular complexity index is 776. The Kier molecular flexibility index (Phi) is 5.00. The predicted octanol–water partition coefficient (Wildman–Crippen LogP) is 3.21. The predicted molar refractivity (Wildman–Crippen MR) is 98.9 cm³/mol. The molecule has 124 valence electrons. The van der Waals surface area contributed by atoms with E-state index in [1.165, 1.54) is 0 Å². The Hall–Kier alpha value is -2.14. The lowest BCUT2D eigenvalue weighted by Crippen LogP contribution is -2.45. The van der Waals surface area contributed by atoms with Crippen molar-refractivity contribution in [2.24, 2.45) is 0 Å². The second-order valence-corrected chi connectivity index (χ2v) is 6.57. The second-order valence-electron chi connectivity index (χ2n) is 5.66. The number of ether oxygens (including phenoxy) is 1. The summed E-state index contributed by atoms with van der Waals surface area (Å²) in [6.07, 6.45) is 6.26. The van der Waals surface area contributed by atoms with Crippen LogP contribution in [0, 0.1) is 0 Å². The number of benzene rings is 1. The Morgan fingerprint density at radius 3 is 2.79 bits per heavy atom. The van der Waals surface area contributed by atoms with Gasteiger partial charge in [0.05, 0.1) is 6.61 Å². The first-order chi connectivity index (χ1) is 11.6. The molecule has 24 heavy (non-hydrogen) atoms. The fourth-order valence-corrected chi connectivity index (χ4v) is 3.40. The summed E-state index contributed by atoms with van der Waals surface area (Å²) in [6.45, 7) is 4.37. The molecule has 0 saturated carbocycles. The van der Waals surface area contributed by atoms with Crippen LogP contribution in [0.4, 0.5) is 0 Å². The van der Waals surface area contributed by atoms with Gasteiger partial charge in [0.25, 0.3) is 0 Å². The van der Waals surface area contributed by atoms with E-state index in [1.54, 1.807) is 0 Å². The van der Waals surface area contributed by atoms with Crippen LogP contribution < -0.4 is 5.32 Å². The highest BCUT2D eigenvalue weighted by molar-refractivity contribution is 9.11. The van der Waals surface area contributed by atoms with Crippen LogP contribution in [0.15, 0.2) is 58.6 Å². The first kappa shape index (κ1) is 16.7. The summed E-state index contributed by atoms with van der Waals surface area (Å²) in [7, 11) is 0. The van der Waals surface area contributed by atoms with Crippen molar-refractivity contribution in [1.29, 1.82) is 0 Å². The lowest BCUT2D eigenvalue weighted by Gasteiger charge is -2.27. The number of nitrogens with one attached hydrogen (secondary N) is 1. The number of carbonyl (C=O) groups excluding carboxylic acids is 1. The van der Waals surface area contributed by atoms with Gasteiger partial charge >= 0.3 is 5.97 Å². The van der Waals surface area contributed by atoms with E-state index in [1.807, 2.05) is 42.7 Å². The number of rotatable bonds is 4. The normalized spacial score (nSPS) is 19.6. The van der Waals surface area contributed by atoms with Crippen molar-refractivity contribution >= 4 is 33.4 Å². The van der Waals surface area contributed by atoms with Gasteiger partial charge in [-0.2, -0.15) is 0 Å². The quantitative estimate of drug-likeness (QED) is 0.636. The molecule has 4 nitrogen and oxygen atoms in total. The molecule has 1 aromatic carbocycles. The number of carbonyl (C=O) groups is 1. The lowest BCUT2D eigenvalue weighted by atomic mass is 9.94.